The largest absolute Gasteiger partial charge is 0.385 e. The van der Waals surface area contributed by atoms with Crippen LogP contribution in [0.2, 0.25) is 5.02 Å². The molecule has 0 saturated heterocycles. The standard InChI is InChI=1S/C12H16ClNO2/c1-14(6-3-7-16-2)11-5-4-10(9-15)12(13)8-11/h4-5,8-9H,3,6-7H2,1-2H3. The predicted molar refractivity (Wildman–Crippen MR) is 66.6 cm³/mol. The van der Waals surface area contributed by atoms with Crippen molar-refractivity contribution in [2.24, 2.45) is 0 Å². The maximum absolute atomic E-state index is 10.6. The zero-order valence-corrected chi connectivity index (χ0v) is 10.3. The molecule has 0 saturated carbocycles. The summed E-state index contributed by atoms with van der Waals surface area (Å²) < 4.78 is 4.99. The van der Waals surface area contributed by atoms with Gasteiger partial charge in [0.1, 0.15) is 0 Å². The van der Waals surface area contributed by atoms with Crippen LogP contribution in [0.1, 0.15) is 16.8 Å². The van der Waals surface area contributed by atoms with Crippen LogP contribution in [0.5, 0.6) is 0 Å². The van der Waals surface area contributed by atoms with Gasteiger partial charge in [0.25, 0.3) is 0 Å². The first-order valence-corrected chi connectivity index (χ1v) is 5.51. The van der Waals surface area contributed by atoms with Crippen molar-refractivity contribution in [3.8, 4) is 0 Å². The van der Waals surface area contributed by atoms with E-state index >= 15 is 0 Å². The number of nitrogens with zero attached hydrogens (tertiary/aromatic N) is 1. The van der Waals surface area contributed by atoms with Crippen LogP contribution in [0.15, 0.2) is 18.2 Å². The number of benzene rings is 1. The Morgan fingerprint density at radius 3 is 2.81 bits per heavy atom. The summed E-state index contributed by atoms with van der Waals surface area (Å²) >= 11 is 5.95. The quantitative estimate of drug-likeness (QED) is 0.567. The molecular weight excluding hydrogens is 226 g/mol. The molecule has 4 heteroatoms. The predicted octanol–water partition coefficient (Wildman–Crippen LogP) is 2.63. The maximum Gasteiger partial charge on any atom is 0.151 e. The summed E-state index contributed by atoms with van der Waals surface area (Å²) in [5, 5.41) is 0.492. The van der Waals surface area contributed by atoms with Crippen LogP contribution >= 0.6 is 11.6 Å². The van der Waals surface area contributed by atoms with Crippen molar-refractivity contribution in [1.29, 1.82) is 0 Å². The van der Waals surface area contributed by atoms with Gasteiger partial charge in [0.15, 0.2) is 6.29 Å². The molecule has 1 aromatic carbocycles. The average Bonchev–Trinajstić information content (AvgIpc) is 2.29. The lowest BCUT2D eigenvalue weighted by Crippen LogP contribution is -2.19. The summed E-state index contributed by atoms with van der Waals surface area (Å²) in [4.78, 5) is 12.7. The van der Waals surface area contributed by atoms with Gasteiger partial charge in [-0.15, -0.1) is 0 Å². The molecular formula is C12H16ClNO2. The van der Waals surface area contributed by atoms with Gasteiger partial charge in [-0.1, -0.05) is 11.6 Å². The van der Waals surface area contributed by atoms with E-state index in [1.165, 1.54) is 0 Å². The van der Waals surface area contributed by atoms with Crippen LogP contribution in [0.25, 0.3) is 0 Å². The van der Waals surface area contributed by atoms with Gasteiger partial charge >= 0.3 is 0 Å². The normalized spacial score (nSPS) is 10.2. The SMILES string of the molecule is COCCCN(C)c1ccc(C=O)c(Cl)c1. The highest BCUT2D eigenvalue weighted by Gasteiger charge is 2.04. The van der Waals surface area contributed by atoms with Gasteiger partial charge < -0.3 is 9.64 Å². The van der Waals surface area contributed by atoms with E-state index in [4.69, 9.17) is 16.3 Å². The molecule has 3 nitrogen and oxygen atoms in total. The highest BCUT2D eigenvalue weighted by molar-refractivity contribution is 6.33. The Kier molecular flexibility index (Phi) is 5.29. The molecule has 1 rings (SSSR count). The van der Waals surface area contributed by atoms with E-state index in [-0.39, 0.29) is 0 Å². The molecule has 0 unspecified atom stereocenters. The van der Waals surface area contributed by atoms with Gasteiger partial charge in [0, 0.05) is 38.6 Å². The van der Waals surface area contributed by atoms with Crippen molar-refractivity contribution < 1.29 is 9.53 Å². The second kappa shape index (κ2) is 6.51. The maximum atomic E-state index is 10.6. The molecule has 0 spiro atoms. The number of halogens is 1. The van der Waals surface area contributed by atoms with Gasteiger partial charge in [0.05, 0.1) is 5.02 Å². The summed E-state index contributed by atoms with van der Waals surface area (Å²) in [5.74, 6) is 0. The molecule has 0 heterocycles. The number of carbonyl (C=O) groups is 1. The van der Waals surface area contributed by atoms with Crippen molar-refractivity contribution in [3.05, 3.63) is 28.8 Å². The second-order valence-corrected chi connectivity index (χ2v) is 4.00. The molecule has 16 heavy (non-hydrogen) atoms. The summed E-state index contributed by atoms with van der Waals surface area (Å²) in [6.07, 6.45) is 1.72. The summed E-state index contributed by atoms with van der Waals surface area (Å²) in [5.41, 5.74) is 1.53. The Balaban J connectivity index is 2.65. The molecule has 0 radical (unpaired) electrons. The highest BCUT2D eigenvalue weighted by atomic mass is 35.5. The van der Waals surface area contributed by atoms with E-state index in [2.05, 4.69) is 4.90 Å². The Morgan fingerprint density at radius 2 is 2.25 bits per heavy atom. The molecule has 1 aromatic rings. The van der Waals surface area contributed by atoms with Gasteiger partial charge in [-0.3, -0.25) is 4.79 Å². The minimum atomic E-state index is 0.492. The van der Waals surface area contributed by atoms with Gasteiger partial charge in [-0.05, 0) is 24.6 Å². The number of ether oxygens (including phenoxy) is 1. The van der Waals surface area contributed by atoms with Crippen molar-refractivity contribution in [1.82, 2.24) is 0 Å². The van der Waals surface area contributed by atoms with Gasteiger partial charge in [0.2, 0.25) is 0 Å². The van der Waals surface area contributed by atoms with Crippen molar-refractivity contribution in [2.75, 3.05) is 32.2 Å². The zero-order chi connectivity index (χ0) is 12.0. The Labute approximate surface area is 101 Å². The lowest BCUT2D eigenvalue weighted by atomic mass is 10.2. The fraction of sp³-hybridized carbons (Fsp3) is 0.417. The monoisotopic (exact) mass is 241 g/mol. The van der Waals surface area contributed by atoms with E-state index in [9.17, 15) is 4.79 Å². The third kappa shape index (κ3) is 3.51. The van der Waals surface area contributed by atoms with Crippen LogP contribution in [0.4, 0.5) is 5.69 Å². The minimum absolute atomic E-state index is 0.492. The number of hydrogen-bond donors (Lipinski definition) is 0. The Bertz CT molecular complexity index is 355. The number of rotatable bonds is 6. The minimum Gasteiger partial charge on any atom is -0.385 e. The topological polar surface area (TPSA) is 29.5 Å². The molecule has 0 fully saturated rings. The molecule has 0 aliphatic rings. The fourth-order valence-corrected chi connectivity index (χ4v) is 1.64. The van der Waals surface area contributed by atoms with Crippen molar-refractivity contribution in [3.63, 3.8) is 0 Å². The third-order valence-corrected chi connectivity index (χ3v) is 2.72. The third-order valence-electron chi connectivity index (χ3n) is 2.39. The first-order chi connectivity index (χ1) is 7.69. The molecule has 0 aromatic heterocycles. The number of anilines is 1. The lowest BCUT2D eigenvalue weighted by molar-refractivity contribution is 0.112. The number of carbonyl (C=O) groups excluding carboxylic acids is 1. The first kappa shape index (κ1) is 13.0. The van der Waals surface area contributed by atoms with Gasteiger partial charge in [-0.2, -0.15) is 0 Å². The van der Waals surface area contributed by atoms with Crippen LogP contribution in [-0.4, -0.2) is 33.6 Å². The average molecular weight is 242 g/mol. The Morgan fingerprint density at radius 1 is 1.50 bits per heavy atom. The molecule has 0 atom stereocenters. The van der Waals surface area contributed by atoms with Crippen molar-refractivity contribution in [2.45, 2.75) is 6.42 Å². The van der Waals surface area contributed by atoms with Crippen LogP contribution < -0.4 is 4.90 Å². The molecule has 0 N–H and O–H groups in total. The number of hydrogen-bond acceptors (Lipinski definition) is 3. The smallest absolute Gasteiger partial charge is 0.151 e. The highest BCUT2D eigenvalue weighted by Crippen LogP contribution is 2.21. The van der Waals surface area contributed by atoms with E-state index in [0.717, 1.165) is 31.5 Å². The zero-order valence-electron chi connectivity index (χ0n) is 9.57. The summed E-state index contributed by atoms with van der Waals surface area (Å²) in [6.45, 7) is 1.63. The molecule has 0 aliphatic heterocycles. The molecule has 0 bridgehead atoms. The van der Waals surface area contributed by atoms with Crippen LogP contribution in [-0.2, 0) is 4.74 Å². The van der Waals surface area contributed by atoms with Crippen LogP contribution in [0, 0.1) is 0 Å². The molecule has 0 amide bonds. The van der Waals surface area contributed by atoms with E-state index < -0.39 is 0 Å². The summed E-state index contributed by atoms with van der Waals surface area (Å²) in [6, 6.07) is 5.43. The lowest BCUT2D eigenvalue weighted by Gasteiger charge is -2.19. The molecule has 88 valence electrons. The van der Waals surface area contributed by atoms with E-state index in [1.807, 2.05) is 13.1 Å². The van der Waals surface area contributed by atoms with Crippen molar-refractivity contribution >= 4 is 23.6 Å². The number of methoxy groups -OCH3 is 1. The molecule has 0 aliphatic carbocycles. The fourth-order valence-electron chi connectivity index (χ4n) is 1.42. The second-order valence-electron chi connectivity index (χ2n) is 3.59. The van der Waals surface area contributed by atoms with E-state index in [1.54, 1.807) is 19.2 Å². The Hall–Kier alpha value is -1.06. The van der Waals surface area contributed by atoms with E-state index in [0.29, 0.717) is 10.6 Å². The number of aldehydes is 1. The first-order valence-electron chi connectivity index (χ1n) is 5.14. The summed E-state index contributed by atoms with van der Waals surface area (Å²) in [7, 11) is 3.68. The van der Waals surface area contributed by atoms with Crippen LogP contribution in [0.3, 0.4) is 0 Å². The van der Waals surface area contributed by atoms with Gasteiger partial charge in [-0.25, -0.2) is 0 Å².